The highest BCUT2D eigenvalue weighted by molar-refractivity contribution is 6.32. The maximum absolute atomic E-state index is 15.4. The van der Waals surface area contributed by atoms with E-state index in [0.29, 0.717) is 0 Å². The molecule has 1 aromatic rings. The molecule has 0 radical (unpaired) electrons. The number of alkyl halides is 1. The monoisotopic (exact) mass is 423 g/mol. The molecule has 0 aromatic heterocycles. The summed E-state index contributed by atoms with van der Waals surface area (Å²) in [5, 5.41) is 42.1. The zero-order valence-electron chi connectivity index (χ0n) is 14.6. The van der Waals surface area contributed by atoms with Gasteiger partial charge in [0.05, 0.1) is 5.56 Å². The Bertz CT molecular complexity index is 1080. The van der Waals surface area contributed by atoms with Gasteiger partial charge in [-0.05, 0) is 18.6 Å². The second-order valence-electron chi connectivity index (χ2n) is 7.37. The van der Waals surface area contributed by atoms with E-state index in [1.165, 1.54) is 6.07 Å². The van der Waals surface area contributed by atoms with Gasteiger partial charge in [0, 0.05) is 34.4 Å². The molecule has 4 unspecified atom stereocenters. The smallest absolute Gasteiger partial charge is 0.255 e. The molecule has 10 heteroatoms. The molecular formula is C19H15ClFNO7. The largest absolute Gasteiger partial charge is 0.508 e. The van der Waals surface area contributed by atoms with Gasteiger partial charge >= 0.3 is 0 Å². The maximum Gasteiger partial charge on any atom is 0.255 e. The summed E-state index contributed by atoms with van der Waals surface area (Å²) in [6, 6.07) is 2.34. The van der Waals surface area contributed by atoms with Gasteiger partial charge in [0.2, 0.25) is 5.78 Å². The molecule has 4 atom stereocenters. The quantitative estimate of drug-likeness (QED) is 0.428. The van der Waals surface area contributed by atoms with Crippen LogP contribution in [-0.4, -0.2) is 43.5 Å². The fraction of sp³-hybridized carbons (Fsp3) is 0.316. The number of phenolic OH excluding ortho intramolecular Hbond substituents is 1. The maximum atomic E-state index is 15.4. The average molecular weight is 424 g/mol. The van der Waals surface area contributed by atoms with Crippen molar-refractivity contribution < 1.29 is 39.2 Å². The van der Waals surface area contributed by atoms with Crippen LogP contribution in [0.25, 0.3) is 5.76 Å². The van der Waals surface area contributed by atoms with Crippen LogP contribution in [-0.2, 0) is 14.4 Å². The molecule has 1 amide bonds. The van der Waals surface area contributed by atoms with Crippen LogP contribution in [0.5, 0.6) is 5.75 Å². The number of rotatable bonds is 1. The van der Waals surface area contributed by atoms with E-state index in [9.17, 15) is 34.8 Å². The van der Waals surface area contributed by atoms with Gasteiger partial charge in [-0.2, -0.15) is 0 Å². The van der Waals surface area contributed by atoms with Gasteiger partial charge in [0.15, 0.2) is 11.4 Å². The minimum atomic E-state index is -2.73. The lowest BCUT2D eigenvalue weighted by atomic mass is 9.59. The molecule has 0 saturated heterocycles. The molecule has 1 fully saturated rings. The Hall–Kier alpha value is -2.91. The molecule has 152 valence electrons. The zero-order valence-corrected chi connectivity index (χ0v) is 15.4. The van der Waals surface area contributed by atoms with Gasteiger partial charge in [-0.25, -0.2) is 4.39 Å². The first kappa shape index (κ1) is 19.4. The average Bonchev–Trinajstić information content (AvgIpc) is 2.64. The molecule has 1 saturated carbocycles. The summed E-state index contributed by atoms with van der Waals surface area (Å²) in [6.45, 7) is 0. The van der Waals surface area contributed by atoms with Crippen LogP contribution in [0.2, 0.25) is 5.02 Å². The van der Waals surface area contributed by atoms with Crippen molar-refractivity contribution >= 4 is 34.8 Å². The van der Waals surface area contributed by atoms with Crippen LogP contribution in [0.3, 0.4) is 0 Å². The number of halogens is 2. The Morgan fingerprint density at radius 1 is 1.24 bits per heavy atom. The van der Waals surface area contributed by atoms with E-state index in [4.69, 9.17) is 17.3 Å². The van der Waals surface area contributed by atoms with Crippen molar-refractivity contribution in [1.29, 1.82) is 0 Å². The molecule has 3 aliphatic carbocycles. The molecule has 1 aromatic carbocycles. The third-order valence-corrected chi connectivity index (χ3v) is 6.27. The van der Waals surface area contributed by atoms with Crippen molar-refractivity contribution in [3.05, 3.63) is 45.2 Å². The number of aliphatic hydroxyl groups excluding tert-OH is 2. The molecule has 4 rings (SSSR count). The van der Waals surface area contributed by atoms with Gasteiger partial charge in [-0.3, -0.25) is 14.4 Å². The molecule has 0 spiro atoms. The number of fused-ring (bicyclic) bond motifs is 3. The fourth-order valence-corrected chi connectivity index (χ4v) is 4.84. The molecule has 29 heavy (non-hydrogen) atoms. The van der Waals surface area contributed by atoms with Gasteiger partial charge < -0.3 is 26.2 Å². The number of aliphatic hydroxyl groups is 3. The zero-order chi connectivity index (χ0) is 21.4. The van der Waals surface area contributed by atoms with Crippen LogP contribution < -0.4 is 5.73 Å². The number of hydrogen-bond donors (Lipinski definition) is 5. The minimum Gasteiger partial charge on any atom is -0.508 e. The summed E-state index contributed by atoms with van der Waals surface area (Å²) >= 11 is 6.03. The number of nitrogens with two attached hydrogens (primary N) is 1. The first-order chi connectivity index (χ1) is 13.5. The van der Waals surface area contributed by atoms with Crippen LogP contribution in [0.15, 0.2) is 29.0 Å². The van der Waals surface area contributed by atoms with Crippen molar-refractivity contribution in [1.82, 2.24) is 0 Å². The van der Waals surface area contributed by atoms with Crippen molar-refractivity contribution in [2.45, 2.75) is 24.6 Å². The van der Waals surface area contributed by atoms with Gasteiger partial charge in [0.1, 0.15) is 29.0 Å². The Morgan fingerprint density at radius 3 is 2.52 bits per heavy atom. The van der Waals surface area contributed by atoms with E-state index in [1.807, 2.05) is 0 Å². The highest BCUT2D eigenvalue weighted by atomic mass is 35.5. The SMILES string of the molecule is NC(=O)C1=C(O)C2(O)C(=O)C3=C(O)c4c(O)ccc(Cl)c4C(F)C3CC2CC1=O. The van der Waals surface area contributed by atoms with E-state index >= 15 is 4.39 Å². The summed E-state index contributed by atoms with van der Waals surface area (Å²) in [7, 11) is 0. The number of primary amides is 1. The van der Waals surface area contributed by atoms with E-state index in [-0.39, 0.29) is 17.0 Å². The Balaban J connectivity index is 1.99. The second kappa shape index (κ2) is 6.04. The second-order valence-corrected chi connectivity index (χ2v) is 7.78. The van der Waals surface area contributed by atoms with Gasteiger partial charge in [-0.1, -0.05) is 11.6 Å². The van der Waals surface area contributed by atoms with Crippen LogP contribution in [0, 0.1) is 11.8 Å². The van der Waals surface area contributed by atoms with Crippen molar-refractivity contribution in [2.24, 2.45) is 17.6 Å². The summed E-state index contributed by atoms with van der Waals surface area (Å²) < 4.78 is 15.4. The number of amides is 1. The van der Waals surface area contributed by atoms with Crippen LogP contribution in [0.1, 0.15) is 30.1 Å². The van der Waals surface area contributed by atoms with Crippen molar-refractivity contribution in [3.63, 3.8) is 0 Å². The third-order valence-electron chi connectivity index (χ3n) is 5.94. The van der Waals surface area contributed by atoms with E-state index in [0.717, 1.165) is 6.07 Å². The number of benzene rings is 1. The molecule has 0 heterocycles. The summed E-state index contributed by atoms with van der Waals surface area (Å²) in [4.78, 5) is 36.9. The van der Waals surface area contributed by atoms with Crippen molar-refractivity contribution in [2.75, 3.05) is 0 Å². The normalized spacial score (nSPS) is 31.3. The Labute approximate surface area is 167 Å². The first-order valence-corrected chi connectivity index (χ1v) is 9.02. The number of carbonyl (C=O) groups is 3. The molecule has 8 nitrogen and oxygen atoms in total. The standard InChI is InChI=1S/C19H15ClFNO7/c20-7-1-2-8(23)12-11(7)14(21)6-3-5-4-9(24)13(18(22)28)17(27)19(5,29)16(26)10(6)15(12)25/h1-2,5-6,14,23,25,27,29H,3-4H2,(H2,22,28). The first-order valence-electron chi connectivity index (χ1n) is 8.64. The number of phenols is 1. The molecule has 6 N–H and O–H groups in total. The number of hydrogen-bond acceptors (Lipinski definition) is 7. The molecule has 3 aliphatic rings. The predicted molar refractivity (Wildman–Crippen MR) is 96.5 cm³/mol. The van der Waals surface area contributed by atoms with E-state index < -0.39 is 81.5 Å². The minimum absolute atomic E-state index is 0.0809. The number of aromatic hydroxyl groups is 1. The van der Waals surface area contributed by atoms with E-state index in [2.05, 4.69) is 0 Å². The highest BCUT2D eigenvalue weighted by Gasteiger charge is 2.62. The third kappa shape index (κ3) is 2.31. The lowest BCUT2D eigenvalue weighted by Gasteiger charge is -2.46. The van der Waals surface area contributed by atoms with Crippen LogP contribution in [0.4, 0.5) is 4.39 Å². The lowest BCUT2D eigenvalue weighted by Crippen LogP contribution is -2.58. The molecule has 0 aliphatic heterocycles. The number of Topliss-reactive ketones (excluding diaryl/α,β-unsaturated/α-hetero) is 2. The Kier molecular flexibility index (Phi) is 4.04. The summed E-state index contributed by atoms with van der Waals surface area (Å²) in [5.41, 5.74) is 0.278. The van der Waals surface area contributed by atoms with Gasteiger partial charge in [-0.15, -0.1) is 0 Å². The molecular weight excluding hydrogens is 409 g/mol. The van der Waals surface area contributed by atoms with Crippen molar-refractivity contribution in [3.8, 4) is 5.75 Å². The summed E-state index contributed by atoms with van der Waals surface area (Å²) in [6.07, 6.45) is -2.76. The predicted octanol–water partition coefficient (Wildman–Crippen LogP) is 1.55. The number of ketones is 2. The fourth-order valence-electron chi connectivity index (χ4n) is 4.57. The molecule has 0 bridgehead atoms. The number of carbonyl (C=O) groups excluding carboxylic acids is 3. The highest BCUT2D eigenvalue weighted by Crippen LogP contribution is 2.56. The lowest BCUT2D eigenvalue weighted by molar-refractivity contribution is -0.148. The Morgan fingerprint density at radius 2 is 1.90 bits per heavy atom. The van der Waals surface area contributed by atoms with Gasteiger partial charge in [0.25, 0.3) is 5.91 Å². The summed E-state index contributed by atoms with van der Waals surface area (Å²) in [5.74, 6) is -8.54. The topological polar surface area (TPSA) is 158 Å². The van der Waals surface area contributed by atoms with Crippen LogP contribution >= 0.6 is 11.6 Å². The van der Waals surface area contributed by atoms with E-state index in [1.54, 1.807) is 0 Å².